The summed E-state index contributed by atoms with van der Waals surface area (Å²) in [6.07, 6.45) is 0.983. The van der Waals surface area contributed by atoms with E-state index in [-0.39, 0.29) is 6.42 Å². The molecule has 2 heterocycles. The Bertz CT molecular complexity index is 687. The largest absolute Gasteiger partial charge is 0.480 e. The van der Waals surface area contributed by atoms with Crippen molar-refractivity contribution in [3.8, 4) is 0 Å². The number of aromatic nitrogens is 2. The summed E-state index contributed by atoms with van der Waals surface area (Å²) in [5.41, 5.74) is 0.861. The molecule has 0 aliphatic rings. The first-order valence-electron chi connectivity index (χ1n) is 6.90. The maximum atomic E-state index is 11.8. The summed E-state index contributed by atoms with van der Waals surface area (Å²) in [7, 11) is 0. The molecule has 1 atom stereocenters. The van der Waals surface area contributed by atoms with Crippen LogP contribution in [0.4, 0.5) is 4.79 Å². The highest BCUT2D eigenvalue weighted by atomic mass is 16.6. The molecule has 0 spiro atoms. The van der Waals surface area contributed by atoms with Crippen LogP contribution in [-0.2, 0) is 16.0 Å². The van der Waals surface area contributed by atoms with Crippen molar-refractivity contribution >= 4 is 17.6 Å². The lowest BCUT2D eigenvalue weighted by Gasteiger charge is -2.22. The first kappa shape index (κ1) is 15.8. The smallest absolute Gasteiger partial charge is 0.408 e. The van der Waals surface area contributed by atoms with E-state index < -0.39 is 23.7 Å². The van der Waals surface area contributed by atoms with Crippen LogP contribution in [0.15, 0.2) is 30.5 Å². The molecule has 2 aromatic rings. The Hall–Kier alpha value is -2.57. The van der Waals surface area contributed by atoms with Crippen LogP contribution in [0.3, 0.4) is 0 Å². The van der Waals surface area contributed by atoms with E-state index in [0.29, 0.717) is 5.69 Å². The number of nitrogens with one attached hydrogen (secondary N) is 1. The molecule has 0 radical (unpaired) electrons. The molecule has 2 aromatic heterocycles. The van der Waals surface area contributed by atoms with Crippen LogP contribution in [0.25, 0.3) is 5.52 Å². The molecule has 22 heavy (non-hydrogen) atoms. The Morgan fingerprint density at radius 3 is 2.73 bits per heavy atom. The van der Waals surface area contributed by atoms with Crippen LogP contribution < -0.4 is 5.32 Å². The minimum absolute atomic E-state index is 0.105. The van der Waals surface area contributed by atoms with Gasteiger partial charge in [-0.25, -0.2) is 14.1 Å². The zero-order chi connectivity index (χ0) is 16.3. The van der Waals surface area contributed by atoms with Gasteiger partial charge in [0.05, 0.1) is 5.52 Å². The predicted octanol–water partition coefficient (Wildman–Crippen LogP) is 1.85. The molecule has 0 saturated heterocycles. The van der Waals surface area contributed by atoms with Crippen LogP contribution in [0.5, 0.6) is 0 Å². The highest BCUT2D eigenvalue weighted by Crippen LogP contribution is 2.10. The van der Waals surface area contributed by atoms with Gasteiger partial charge in [-0.15, -0.1) is 0 Å². The average molecular weight is 305 g/mol. The molecule has 7 heteroatoms. The van der Waals surface area contributed by atoms with Gasteiger partial charge in [0.1, 0.15) is 11.6 Å². The molecular weight excluding hydrogens is 286 g/mol. The van der Waals surface area contributed by atoms with E-state index in [2.05, 4.69) is 10.4 Å². The summed E-state index contributed by atoms with van der Waals surface area (Å²) in [6, 6.07) is 6.18. The van der Waals surface area contributed by atoms with Crippen molar-refractivity contribution in [2.24, 2.45) is 0 Å². The van der Waals surface area contributed by atoms with E-state index >= 15 is 0 Å². The fourth-order valence-electron chi connectivity index (χ4n) is 2.02. The molecule has 0 saturated carbocycles. The van der Waals surface area contributed by atoms with Crippen LogP contribution >= 0.6 is 0 Å². The third-order valence-corrected chi connectivity index (χ3v) is 2.90. The highest BCUT2D eigenvalue weighted by Gasteiger charge is 2.25. The number of aliphatic carboxylic acids is 1. The van der Waals surface area contributed by atoms with Gasteiger partial charge in [-0.3, -0.25) is 0 Å². The number of carboxylic acid groups (broad SMARTS) is 1. The van der Waals surface area contributed by atoms with E-state index in [4.69, 9.17) is 4.74 Å². The molecule has 0 aliphatic heterocycles. The van der Waals surface area contributed by atoms with E-state index in [1.165, 1.54) is 0 Å². The molecule has 0 aromatic carbocycles. The summed E-state index contributed by atoms with van der Waals surface area (Å²) in [4.78, 5) is 23.1. The number of pyridine rings is 1. The zero-order valence-electron chi connectivity index (χ0n) is 12.7. The van der Waals surface area contributed by atoms with Crippen molar-refractivity contribution in [2.75, 3.05) is 0 Å². The van der Waals surface area contributed by atoms with Gasteiger partial charge in [-0.2, -0.15) is 5.10 Å². The predicted molar refractivity (Wildman–Crippen MR) is 79.7 cm³/mol. The average Bonchev–Trinajstić information content (AvgIpc) is 2.84. The number of ether oxygens (including phenoxy) is 1. The number of nitrogens with zero attached hydrogens (tertiary/aromatic N) is 2. The standard InChI is InChI=1S/C15H19N3O4/c1-15(2,3)22-14(21)17-12(13(19)20)9-11-6-4-5-10-7-8-16-18(10)11/h4-8,12H,9H2,1-3H3,(H,17,21)(H,19,20). The summed E-state index contributed by atoms with van der Waals surface area (Å²) in [5, 5.41) is 15.8. The van der Waals surface area contributed by atoms with Gasteiger partial charge in [0.2, 0.25) is 0 Å². The van der Waals surface area contributed by atoms with Gasteiger partial charge < -0.3 is 15.2 Å². The Kier molecular flexibility index (Phi) is 4.35. The first-order chi connectivity index (χ1) is 10.3. The number of fused-ring (bicyclic) bond motifs is 1. The lowest BCUT2D eigenvalue weighted by Crippen LogP contribution is -2.45. The van der Waals surface area contributed by atoms with Crippen LogP contribution in [0, 0.1) is 0 Å². The van der Waals surface area contributed by atoms with Crippen molar-refractivity contribution in [2.45, 2.75) is 38.8 Å². The number of hydrogen-bond acceptors (Lipinski definition) is 4. The third-order valence-electron chi connectivity index (χ3n) is 2.90. The SMILES string of the molecule is CC(C)(C)OC(=O)NC(Cc1cccc2ccnn12)C(=O)O. The van der Waals surface area contributed by atoms with Gasteiger partial charge in [0.15, 0.2) is 0 Å². The first-order valence-corrected chi connectivity index (χ1v) is 6.90. The highest BCUT2D eigenvalue weighted by molar-refractivity contribution is 5.80. The topological polar surface area (TPSA) is 92.9 Å². The Morgan fingerprint density at radius 1 is 1.36 bits per heavy atom. The van der Waals surface area contributed by atoms with Gasteiger partial charge >= 0.3 is 12.1 Å². The number of carboxylic acids is 1. The van der Waals surface area contributed by atoms with Gasteiger partial charge in [-0.1, -0.05) is 6.07 Å². The molecule has 7 nitrogen and oxygen atoms in total. The molecule has 1 unspecified atom stereocenters. The van der Waals surface area contributed by atoms with E-state index in [1.807, 2.05) is 18.2 Å². The van der Waals surface area contributed by atoms with Crippen LogP contribution in [0.2, 0.25) is 0 Å². The second kappa shape index (κ2) is 6.05. The Labute approximate surface area is 127 Å². The second-order valence-electron chi connectivity index (χ2n) is 5.93. The van der Waals surface area contributed by atoms with Crippen molar-refractivity contribution in [3.05, 3.63) is 36.2 Å². The van der Waals surface area contributed by atoms with E-state index in [9.17, 15) is 14.7 Å². The number of hydrogen-bond donors (Lipinski definition) is 2. The quantitative estimate of drug-likeness (QED) is 0.899. The van der Waals surface area contributed by atoms with Gasteiger partial charge in [0.25, 0.3) is 0 Å². The number of rotatable bonds is 4. The van der Waals surface area contributed by atoms with E-state index in [1.54, 1.807) is 37.5 Å². The van der Waals surface area contributed by atoms with Crippen LogP contribution in [-0.4, -0.2) is 38.4 Å². The molecule has 1 amide bonds. The lowest BCUT2D eigenvalue weighted by atomic mass is 10.1. The number of amides is 1. The molecular formula is C15H19N3O4. The second-order valence-corrected chi connectivity index (χ2v) is 5.93. The fraction of sp³-hybridized carbons (Fsp3) is 0.400. The summed E-state index contributed by atoms with van der Waals surface area (Å²) in [6.45, 7) is 5.15. The fourth-order valence-corrected chi connectivity index (χ4v) is 2.02. The maximum absolute atomic E-state index is 11.8. The van der Waals surface area contributed by atoms with Crippen LogP contribution in [0.1, 0.15) is 26.5 Å². The van der Waals surface area contributed by atoms with Gasteiger partial charge in [0, 0.05) is 18.3 Å². The summed E-state index contributed by atoms with van der Waals surface area (Å²) >= 11 is 0. The molecule has 2 rings (SSSR count). The Morgan fingerprint density at radius 2 is 2.09 bits per heavy atom. The normalized spacial score (nSPS) is 12.9. The molecule has 118 valence electrons. The number of carbonyl (C=O) groups excluding carboxylic acids is 1. The zero-order valence-corrected chi connectivity index (χ0v) is 12.7. The lowest BCUT2D eigenvalue weighted by molar-refractivity contribution is -0.139. The van der Waals surface area contributed by atoms with Gasteiger partial charge in [-0.05, 0) is 39.0 Å². The summed E-state index contributed by atoms with van der Waals surface area (Å²) < 4.78 is 6.74. The van der Waals surface area contributed by atoms with Crippen molar-refractivity contribution < 1.29 is 19.4 Å². The monoisotopic (exact) mass is 305 g/mol. The van der Waals surface area contributed by atoms with Crippen molar-refractivity contribution in [1.82, 2.24) is 14.9 Å². The van der Waals surface area contributed by atoms with E-state index in [0.717, 1.165) is 5.52 Å². The summed E-state index contributed by atoms with van der Waals surface area (Å²) in [5.74, 6) is -1.13. The molecule has 0 bridgehead atoms. The molecule has 0 aliphatic carbocycles. The Balaban J connectivity index is 2.14. The number of carbonyl (C=O) groups is 2. The number of alkyl carbamates (subject to hydrolysis) is 1. The maximum Gasteiger partial charge on any atom is 0.408 e. The molecule has 2 N–H and O–H groups in total. The minimum Gasteiger partial charge on any atom is -0.480 e. The minimum atomic E-state index is -1.13. The molecule has 0 fully saturated rings. The van der Waals surface area contributed by atoms with Crippen molar-refractivity contribution in [3.63, 3.8) is 0 Å². The third kappa shape index (κ3) is 3.97. The van der Waals surface area contributed by atoms with Crippen molar-refractivity contribution in [1.29, 1.82) is 0 Å².